The topological polar surface area (TPSA) is 59.9 Å². The largest absolute Gasteiger partial charge is 0.508 e. The van der Waals surface area contributed by atoms with Crippen LogP contribution in [0.4, 0.5) is 0 Å². The van der Waals surface area contributed by atoms with Crippen LogP contribution in [-0.2, 0) is 6.54 Å². The number of aromatic hydroxyl groups is 1. The van der Waals surface area contributed by atoms with Crippen molar-refractivity contribution in [2.45, 2.75) is 32.4 Å². The molecule has 0 aromatic heterocycles. The van der Waals surface area contributed by atoms with E-state index in [-0.39, 0.29) is 29.7 Å². The van der Waals surface area contributed by atoms with Gasteiger partial charge < -0.3 is 15.7 Å². The van der Waals surface area contributed by atoms with E-state index in [0.29, 0.717) is 12.6 Å². The van der Waals surface area contributed by atoms with Gasteiger partial charge in [-0.3, -0.25) is 4.90 Å². The number of hydrogen-bond acceptors (Lipinski definition) is 3. The summed E-state index contributed by atoms with van der Waals surface area (Å²) in [7, 11) is 0. The zero-order chi connectivity index (χ0) is 18.9. The van der Waals surface area contributed by atoms with Gasteiger partial charge >= 0.3 is 0 Å². The van der Waals surface area contributed by atoms with Crippen molar-refractivity contribution >= 4 is 29.9 Å². The van der Waals surface area contributed by atoms with Gasteiger partial charge in [0.05, 0.1) is 12.6 Å². The molecule has 0 spiro atoms. The average molecular weight is 494 g/mol. The highest BCUT2D eigenvalue weighted by molar-refractivity contribution is 14.0. The quantitative estimate of drug-likeness (QED) is 0.311. The van der Waals surface area contributed by atoms with Crippen molar-refractivity contribution in [1.29, 1.82) is 0 Å². The number of guanidine groups is 1. The van der Waals surface area contributed by atoms with Crippen LogP contribution in [-0.4, -0.2) is 42.1 Å². The Bertz CT molecular complexity index is 732. The summed E-state index contributed by atoms with van der Waals surface area (Å²) in [4.78, 5) is 7.24. The first-order valence-electron chi connectivity index (χ1n) is 9.85. The molecule has 2 aromatic carbocycles. The molecule has 1 unspecified atom stereocenters. The number of benzene rings is 2. The predicted molar refractivity (Wildman–Crippen MR) is 126 cm³/mol. The smallest absolute Gasteiger partial charge is 0.191 e. The summed E-state index contributed by atoms with van der Waals surface area (Å²) in [5.41, 5.74) is 2.34. The van der Waals surface area contributed by atoms with Crippen LogP contribution >= 0.6 is 24.0 Å². The molecule has 1 atom stereocenters. The van der Waals surface area contributed by atoms with E-state index in [9.17, 15) is 5.11 Å². The minimum Gasteiger partial charge on any atom is -0.508 e. The van der Waals surface area contributed by atoms with Gasteiger partial charge in [-0.25, -0.2) is 4.99 Å². The molecule has 28 heavy (non-hydrogen) atoms. The highest BCUT2D eigenvalue weighted by atomic mass is 127. The van der Waals surface area contributed by atoms with Gasteiger partial charge in [0.25, 0.3) is 0 Å². The highest BCUT2D eigenvalue weighted by Crippen LogP contribution is 2.24. The summed E-state index contributed by atoms with van der Waals surface area (Å²) < 4.78 is 0. The first-order valence-corrected chi connectivity index (χ1v) is 9.85. The minimum absolute atomic E-state index is 0. The normalized spacial score (nSPS) is 15.7. The van der Waals surface area contributed by atoms with E-state index in [0.717, 1.165) is 37.7 Å². The van der Waals surface area contributed by atoms with Gasteiger partial charge in [0, 0.05) is 13.1 Å². The molecule has 1 fully saturated rings. The van der Waals surface area contributed by atoms with Crippen molar-refractivity contribution in [2.75, 3.05) is 26.2 Å². The molecule has 2 aromatic rings. The molecule has 1 saturated heterocycles. The first-order chi connectivity index (χ1) is 13.3. The van der Waals surface area contributed by atoms with Crippen LogP contribution < -0.4 is 10.6 Å². The van der Waals surface area contributed by atoms with Crippen LogP contribution in [0.3, 0.4) is 0 Å². The zero-order valence-corrected chi connectivity index (χ0v) is 18.8. The Morgan fingerprint density at radius 1 is 1.07 bits per heavy atom. The summed E-state index contributed by atoms with van der Waals surface area (Å²) in [6.45, 7) is 6.53. The maximum absolute atomic E-state index is 9.62. The molecule has 3 rings (SSSR count). The molecule has 1 aliphatic rings. The fourth-order valence-electron chi connectivity index (χ4n) is 3.55. The second-order valence-electron chi connectivity index (χ2n) is 6.92. The van der Waals surface area contributed by atoms with Crippen molar-refractivity contribution in [2.24, 2.45) is 4.99 Å². The Balaban J connectivity index is 0.00000280. The number of likely N-dealkylation sites (tertiary alicyclic amines) is 1. The number of nitrogens with zero attached hydrogens (tertiary/aromatic N) is 2. The predicted octanol–water partition coefficient (Wildman–Crippen LogP) is 3.90. The third-order valence-corrected chi connectivity index (χ3v) is 4.90. The molecule has 1 aliphatic heterocycles. The Morgan fingerprint density at radius 3 is 2.50 bits per heavy atom. The highest BCUT2D eigenvalue weighted by Gasteiger charge is 2.23. The van der Waals surface area contributed by atoms with E-state index < -0.39 is 0 Å². The van der Waals surface area contributed by atoms with E-state index in [1.54, 1.807) is 12.1 Å². The molecule has 0 bridgehead atoms. The van der Waals surface area contributed by atoms with Crippen molar-refractivity contribution in [3.63, 3.8) is 0 Å². The third-order valence-electron chi connectivity index (χ3n) is 4.90. The number of rotatable bonds is 7. The third kappa shape index (κ3) is 6.67. The summed E-state index contributed by atoms with van der Waals surface area (Å²) in [5.74, 6) is 1.08. The maximum atomic E-state index is 9.62. The van der Waals surface area contributed by atoms with Crippen LogP contribution in [0.15, 0.2) is 59.6 Å². The van der Waals surface area contributed by atoms with Crippen LogP contribution in [0.2, 0.25) is 0 Å². The van der Waals surface area contributed by atoms with Crippen LogP contribution in [0.5, 0.6) is 5.75 Å². The molecule has 1 heterocycles. The van der Waals surface area contributed by atoms with Gasteiger partial charge in [0.1, 0.15) is 5.75 Å². The van der Waals surface area contributed by atoms with Crippen molar-refractivity contribution in [1.82, 2.24) is 15.5 Å². The minimum atomic E-state index is 0. The number of aliphatic imine (C=N–C) groups is 1. The second kappa shape index (κ2) is 11.9. The fourth-order valence-corrected chi connectivity index (χ4v) is 3.55. The molecular weight excluding hydrogens is 463 g/mol. The Morgan fingerprint density at radius 2 is 1.82 bits per heavy atom. The Kier molecular flexibility index (Phi) is 9.57. The van der Waals surface area contributed by atoms with E-state index in [1.807, 2.05) is 12.1 Å². The average Bonchev–Trinajstić information content (AvgIpc) is 3.21. The standard InChI is InChI=1S/C22H30N4O.HI/c1-2-23-22(24-16-18-9-8-12-20(27)15-18)25-17-21(26-13-6-7-14-26)19-10-4-3-5-11-19;/h3-5,8-12,15,21,27H,2,6-7,13-14,16-17H2,1H3,(H2,23,24,25);1H. The first kappa shape index (κ1) is 22.5. The number of halogens is 1. The number of phenolic OH excluding ortho intramolecular Hbond substituents is 1. The lowest BCUT2D eigenvalue weighted by Crippen LogP contribution is -2.42. The summed E-state index contributed by atoms with van der Waals surface area (Å²) in [6.07, 6.45) is 2.55. The lowest BCUT2D eigenvalue weighted by Gasteiger charge is -2.29. The van der Waals surface area contributed by atoms with Crippen LogP contribution in [0.25, 0.3) is 0 Å². The van der Waals surface area contributed by atoms with Crippen LogP contribution in [0, 0.1) is 0 Å². The maximum Gasteiger partial charge on any atom is 0.191 e. The monoisotopic (exact) mass is 494 g/mol. The van der Waals surface area contributed by atoms with Gasteiger partial charge in [0.15, 0.2) is 5.96 Å². The van der Waals surface area contributed by atoms with E-state index in [4.69, 9.17) is 0 Å². The van der Waals surface area contributed by atoms with Crippen LogP contribution in [0.1, 0.15) is 36.9 Å². The molecule has 0 saturated carbocycles. The SMILES string of the molecule is CCNC(=NCc1cccc(O)c1)NCC(c1ccccc1)N1CCCC1.I. The fraction of sp³-hybridized carbons (Fsp3) is 0.409. The van der Waals surface area contributed by atoms with Gasteiger partial charge in [0.2, 0.25) is 0 Å². The second-order valence-corrected chi connectivity index (χ2v) is 6.92. The molecule has 0 aliphatic carbocycles. The molecule has 152 valence electrons. The van der Waals surface area contributed by atoms with E-state index >= 15 is 0 Å². The van der Waals surface area contributed by atoms with Crippen molar-refractivity contribution < 1.29 is 5.11 Å². The number of nitrogens with one attached hydrogen (secondary N) is 2. The Labute approximate surface area is 185 Å². The number of hydrogen-bond donors (Lipinski definition) is 3. The Hall–Kier alpha value is -1.80. The summed E-state index contributed by atoms with van der Waals surface area (Å²) >= 11 is 0. The summed E-state index contributed by atoms with van der Waals surface area (Å²) in [6, 6.07) is 18.3. The molecule has 5 nitrogen and oxygen atoms in total. The zero-order valence-electron chi connectivity index (χ0n) is 16.5. The lowest BCUT2D eigenvalue weighted by molar-refractivity contribution is 0.245. The summed E-state index contributed by atoms with van der Waals surface area (Å²) in [5, 5.41) is 16.5. The lowest BCUT2D eigenvalue weighted by atomic mass is 10.1. The van der Waals surface area contributed by atoms with Gasteiger partial charge in [-0.2, -0.15) is 0 Å². The molecular formula is C22H31IN4O. The van der Waals surface area contributed by atoms with Gasteiger partial charge in [-0.1, -0.05) is 42.5 Å². The van der Waals surface area contributed by atoms with Gasteiger partial charge in [-0.05, 0) is 56.1 Å². The van der Waals surface area contributed by atoms with Crippen molar-refractivity contribution in [3.8, 4) is 5.75 Å². The van der Waals surface area contributed by atoms with E-state index in [1.165, 1.54) is 18.4 Å². The molecule has 0 radical (unpaired) electrons. The van der Waals surface area contributed by atoms with E-state index in [2.05, 4.69) is 57.8 Å². The molecule has 3 N–H and O–H groups in total. The molecule has 6 heteroatoms. The number of phenols is 1. The van der Waals surface area contributed by atoms with Gasteiger partial charge in [-0.15, -0.1) is 24.0 Å². The molecule has 0 amide bonds. The van der Waals surface area contributed by atoms with Crippen molar-refractivity contribution in [3.05, 3.63) is 65.7 Å².